The summed E-state index contributed by atoms with van der Waals surface area (Å²) in [7, 11) is 0. The predicted molar refractivity (Wildman–Crippen MR) is 73.3 cm³/mol. The molecule has 0 aliphatic carbocycles. The highest BCUT2D eigenvalue weighted by Crippen LogP contribution is 2.23. The van der Waals surface area contributed by atoms with Crippen molar-refractivity contribution in [3.05, 3.63) is 35.7 Å². The average Bonchev–Trinajstić information content (AvgIpc) is 2.90. The summed E-state index contributed by atoms with van der Waals surface area (Å²) in [6, 6.07) is 7.86. The SMILES string of the molecule is Cc1ccc(OC(C)c2nnc3sc(N)nn23)cc1. The van der Waals surface area contributed by atoms with E-state index in [4.69, 9.17) is 10.5 Å². The molecule has 7 heteroatoms. The van der Waals surface area contributed by atoms with Crippen molar-refractivity contribution in [3.63, 3.8) is 0 Å². The first-order chi connectivity index (χ1) is 9.13. The van der Waals surface area contributed by atoms with E-state index in [2.05, 4.69) is 15.3 Å². The summed E-state index contributed by atoms with van der Waals surface area (Å²) >= 11 is 1.30. The van der Waals surface area contributed by atoms with Crippen molar-refractivity contribution in [1.82, 2.24) is 19.8 Å². The molecule has 0 bridgehead atoms. The first-order valence-electron chi connectivity index (χ1n) is 5.84. The van der Waals surface area contributed by atoms with Crippen LogP contribution in [0, 0.1) is 6.92 Å². The molecule has 2 N–H and O–H groups in total. The van der Waals surface area contributed by atoms with Gasteiger partial charge in [0.05, 0.1) is 0 Å². The van der Waals surface area contributed by atoms with Gasteiger partial charge in [-0.3, -0.25) is 0 Å². The second-order valence-electron chi connectivity index (χ2n) is 4.27. The third-order valence-corrected chi connectivity index (χ3v) is 3.46. The maximum Gasteiger partial charge on any atom is 0.236 e. The fraction of sp³-hybridized carbons (Fsp3) is 0.250. The molecule has 0 aliphatic heterocycles. The van der Waals surface area contributed by atoms with Crippen LogP contribution in [0.2, 0.25) is 0 Å². The van der Waals surface area contributed by atoms with Crippen molar-refractivity contribution in [2.75, 3.05) is 5.73 Å². The van der Waals surface area contributed by atoms with Gasteiger partial charge >= 0.3 is 0 Å². The van der Waals surface area contributed by atoms with Crippen LogP contribution in [0.25, 0.3) is 4.96 Å². The van der Waals surface area contributed by atoms with Crippen LogP contribution in [0.1, 0.15) is 24.4 Å². The largest absolute Gasteiger partial charge is 0.483 e. The summed E-state index contributed by atoms with van der Waals surface area (Å²) in [5.74, 6) is 1.43. The van der Waals surface area contributed by atoms with Crippen molar-refractivity contribution in [2.45, 2.75) is 20.0 Å². The lowest BCUT2D eigenvalue weighted by atomic mass is 10.2. The van der Waals surface area contributed by atoms with Crippen LogP contribution in [-0.4, -0.2) is 19.8 Å². The Hall–Kier alpha value is -2.15. The van der Waals surface area contributed by atoms with Crippen LogP contribution < -0.4 is 10.5 Å². The molecule has 0 radical (unpaired) electrons. The molecule has 3 rings (SSSR count). The van der Waals surface area contributed by atoms with E-state index in [0.29, 0.717) is 15.9 Å². The Morgan fingerprint density at radius 2 is 2.00 bits per heavy atom. The van der Waals surface area contributed by atoms with E-state index in [1.54, 1.807) is 4.52 Å². The summed E-state index contributed by atoms with van der Waals surface area (Å²) in [5.41, 5.74) is 6.84. The Bertz CT molecular complexity index is 703. The Morgan fingerprint density at radius 1 is 1.26 bits per heavy atom. The van der Waals surface area contributed by atoms with Crippen molar-refractivity contribution >= 4 is 21.4 Å². The zero-order chi connectivity index (χ0) is 13.4. The third kappa shape index (κ3) is 2.24. The maximum absolute atomic E-state index is 5.83. The smallest absolute Gasteiger partial charge is 0.236 e. The van der Waals surface area contributed by atoms with Crippen LogP contribution in [-0.2, 0) is 0 Å². The molecular weight excluding hydrogens is 262 g/mol. The number of nitrogens with zero attached hydrogens (tertiary/aromatic N) is 4. The minimum absolute atomic E-state index is 0.251. The predicted octanol–water partition coefficient (Wildman–Crippen LogP) is 2.22. The van der Waals surface area contributed by atoms with E-state index < -0.39 is 0 Å². The van der Waals surface area contributed by atoms with Crippen molar-refractivity contribution in [2.24, 2.45) is 0 Å². The molecule has 3 aromatic rings. The molecule has 0 aliphatic rings. The lowest BCUT2D eigenvalue weighted by molar-refractivity contribution is 0.213. The first kappa shape index (κ1) is 11.9. The molecule has 6 nitrogen and oxygen atoms in total. The number of hydrogen-bond donors (Lipinski definition) is 1. The van der Waals surface area contributed by atoms with Crippen LogP contribution in [0.4, 0.5) is 5.13 Å². The molecule has 19 heavy (non-hydrogen) atoms. The number of aromatic nitrogens is 4. The van der Waals surface area contributed by atoms with Gasteiger partial charge < -0.3 is 10.5 Å². The van der Waals surface area contributed by atoms with Gasteiger partial charge in [-0.1, -0.05) is 29.0 Å². The van der Waals surface area contributed by atoms with Crippen molar-refractivity contribution in [3.8, 4) is 5.75 Å². The van der Waals surface area contributed by atoms with Gasteiger partial charge in [-0.05, 0) is 26.0 Å². The van der Waals surface area contributed by atoms with Gasteiger partial charge in [0.15, 0.2) is 11.9 Å². The summed E-state index contributed by atoms with van der Waals surface area (Å²) < 4.78 is 7.46. The second kappa shape index (κ2) is 4.51. The number of nitrogens with two attached hydrogens (primary N) is 1. The van der Waals surface area contributed by atoms with E-state index >= 15 is 0 Å². The maximum atomic E-state index is 5.83. The second-order valence-corrected chi connectivity index (χ2v) is 5.25. The first-order valence-corrected chi connectivity index (χ1v) is 6.66. The molecule has 1 atom stereocenters. The van der Waals surface area contributed by atoms with Crippen molar-refractivity contribution in [1.29, 1.82) is 0 Å². The number of anilines is 1. The molecule has 0 spiro atoms. The zero-order valence-corrected chi connectivity index (χ0v) is 11.4. The summed E-state index contributed by atoms with van der Waals surface area (Å²) in [4.78, 5) is 0.673. The Morgan fingerprint density at radius 3 is 2.74 bits per heavy atom. The highest BCUT2D eigenvalue weighted by molar-refractivity contribution is 7.20. The molecule has 1 unspecified atom stereocenters. The molecule has 0 saturated carbocycles. The van der Waals surface area contributed by atoms with E-state index in [1.165, 1.54) is 16.9 Å². The molecule has 0 amide bonds. The zero-order valence-electron chi connectivity index (χ0n) is 10.6. The normalized spacial score (nSPS) is 12.7. The Balaban J connectivity index is 1.87. The number of rotatable bonds is 3. The third-order valence-electron chi connectivity index (χ3n) is 2.73. The topological polar surface area (TPSA) is 78.3 Å². The summed E-state index contributed by atoms with van der Waals surface area (Å²) in [6.07, 6.45) is -0.251. The van der Waals surface area contributed by atoms with Crippen LogP contribution in [0.15, 0.2) is 24.3 Å². The lowest BCUT2D eigenvalue weighted by Crippen LogP contribution is -2.08. The highest BCUT2D eigenvalue weighted by Gasteiger charge is 2.17. The van der Waals surface area contributed by atoms with Gasteiger partial charge in [-0.15, -0.1) is 15.3 Å². The van der Waals surface area contributed by atoms with Crippen molar-refractivity contribution < 1.29 is 4.74 Å². The summed E-state index contributed by atoms with van der Waals surface area (Å²) in [5, 5.41) is 12.7. The number of aryl methyl sites for hydroxylation is 1. The van der Waals surface area contributed by atoms with Gasteiger partial charge in [-0.25, -0.2) is 0 Å². The fourth-order valence-electron chi connectivity index (χ4n) is 1.77. The quantitative estimate of drug-likeness (QED) is 0.793. The molecule has 2 heterocycles. The molecule has 0 saturated heterocycles. The van der Waals surface area contributed by atoms with Crippen LogP contribution in [0.3, 0.4) is 0 Å². The monoisotopic (exact) mass is 275 g/mol. The lowest BCUT2D eigenvalue weighted by Gasteiger charge is -2.12. The van der Waals surface area contributed by atoms with Gasteiger partial charge in [0, 0.05) is 0 Å². The van der Waals surface area contributed by atoms with Crippen LogP contribution in [0.5, 0.6) is 5.75 Å². The Kier molecular flexibility index (Phi) is 2.83. The molecular formula is C12H13N5OS. The summed E-state index contributed by atoms with van der Waals surface area (Å²) in [6.45, 7) is 3.94. The number of hydrogen-bond acceptors (Lipinski definition) is 6. The Labute approximate surface area is 113 Å². The molecule has 0 fully saturated rings. The fourth-order valence-corrected chi connectivity index (χ4v) is 2.39. The molecule has 2 aromatic heterocycles. The minimum Gasteiger partial charge on any atom is -0.483 e. The van der Waals surface area contributed by atoms with Gasteiger partial charge in [-0.2, -0.15) is 4.52 Å². The van der Waals surface area contributed by atoms with Gasteiger partial charge in [0.25, 0.3) is 0 Å². The number of fused-ring (bicyclic) bond motifs is 1. The van der Waals surface area contributed by atoms with Gasteiger partial charge in [0.2, 0.25) is 10.1 Å². The number of benzene rings is 1. The molecule has 98 valence electrons. The van der Waals surface area contributed by atoms with E-state index in [0.717, 1.165) is 5.75 Å². The number of nitrogen functional groups attached to an aromatic ring is 1. The highest BCUT2D eigenvalue weighted by atomic mass is 32.1. The van der Waals surface area contributed by atoms with E-state index in [9.17, 15) is 0 Å². The molecule has 1 aromatic carbocycles. The van der Waals surface area contributed by atoms with Crippen LogP contribution >= 0.6 is 11.3 Å². The van der Waals surface area contributed by atoms with E-state index in [-0.39, 0.29) is 6.10 Å². The standard InChI is InChI=1S/C12H13N5OS/c1-7-3-5-9(6-4-7)18-8(2)10-14-15-12-17(10)16-11(13)19-12/h3-6,8H,1-2H3,(H2,13,16). The average molecular weight is 275 g/mol. The minimum atomic E-state index is -0.251. The number of ether oxygens (including phenoxy) is 1. The van der Waals surface area contributed by atoms with E-state index in [1.807, 2.05) is 38.1 Å². The van der Waals surface area contributed by atoms with Gasteiger partial charge in [0.1, 0.15) is 5.75 Å².